The lowest BCUT2D eigenvalue weighted by Crippen LogP contribution is -1.82. The van der Waals surface area contributed by atoms with Crippen LogP contribution in [0.2, 0.25) is 0 Å². The molecule has 0 aliphatic heterocycles. The van der Waals surface area contributed by atoms with Crippen LogP contribution in [-0.2, 0) is 0 Å². The van der Waals surface area contributed by atoms with E-state index in [1.807, 2.05) is 0 Å². The van der Waals surface area contributed by atoms with E-state index in [1.165, 1.54) is 32.3 Å². The van der Waals surface area contributed by atoms with E-state index in [1.54, 1.807) is 0 Å². The summed E-state index contributed by atoms with van der Waals surface area (Å²) in [6.07, 6.45) is 0. The van der Waals surface area contributed by atoms with Crippen LogP contribution in [0.1, 0.15) is 0 Å². The largest absolute Gasteiger partial charge is 0.255 e. The molecule has 0 aliphatic rings. The van der Waals surface area contributed by atoms with Crippen LogP contribution >= 0.6 is 0 Å². The van der Waals surface area contributed by atoms with Crippen molar-refractivity contribution in [1.29, 1.82) is 0 Å². The summed E-state index contributed by atoms with van der Waals surface area (Å²) in [7, 11) is 0. The molecule has 0 radical (unpaired) electrons. The van der Waals surface area contributed by atoms with Gasteiger partial charge in [0.05, 0.1) is 0 Å². The Morgan fingerprint density at radius 1 is 0.444 bits per heavy atom. The van der Waals surface area contributed by atoms with Crippen molar-refractivity contribution in [2.75, 3.05) is 0 Å². The van der Waals surface area contributed by atoms with Gasteiger partial charge in [-0.1, -0.05) is 60.7 Å². The molecule has 2 heteroatoms. The lowest BCUT2D eigenvalue weighted by Gasteiger charge is -2.09. The smallest absolute Gasteiger partial charge is 0.00268 e. The van der Waals surface area contributed by atoms with Gasteiger partial charge in [-0.3, -0.25) is 10.5 Å². The van der Waals surface area contributed by atoms with Gasteiger partial charge in [-0.05, 0) is 32.3 Å². The van der Waals surface area contributed by atoms with Gasteiger partial charge in [0.25, 0.3) is 0 Å². The van der Waals surface area contributed by atoms with Crippen LogP contribution in [0.25, 0.3) is 32.3 Å². The molecule has 0 aromatic heterocycles. The van der Waals surface area contributed by atoms with Crippen LogP contribution in [0.5, 0.6) is 0 Å². The van der Waals surface area contributed by atoms with Crippen molar-refractivity contribution in [2.24, 2.45) is 0 Å². The van der Waals surface area contributed by atoms with Crippen molar-refractivity contribution in [3.63, 3.8) is 0 Å². The van der Waals surface area contributed by atoms with E-state index in [0.29, 0.717) is 0 Å². The number of rotatable bonds is 0. The summed E-state index contributed by atoms with van der Waals surface area (Å²) in [4.78, 5) is 0. The third-order valence-electron chi connectivity index (χ3n) is 3.39. The second kappa shape index (κ2) is 4.26. The Bertz CT molecular complexity index is 676. The van der Waals surface area contributed by atoms with Gasteiger partial charge in [-0.2, -0.15) is 0 Å². The molecule has 18 heavy (non-hydrogen) atoms. The van der Waals surface area contributed by atoms with Crippen molar-refractivity contribution in [2.45, 2.75) is 0 Å². The Morgan fingerprint density at radius 3 is 1.00 bits per heavy atom. The van der Waals surface area contributed by atoms with Crippen molar-refractivity contribution in [3.8, 4) is 0 Å². The monoisotopic (exact) mass is 236 g/mol. The highest BCUT2D eigenvalue weighted by Gasteiger charge is 2.05. The maximum Gasteiger partial charge on any atom is -0.00268 e. The summed E-state index contributed by atoms with van der Waals surface area (Å²) in [6, 6.07) is 21.9. The SMILES string of the molecule is OO.c1cc2ccc3cccc4ccc(c1)c2c34. The van der Waals surface area contributed by atoms with Gasteiger partial charge in [0, 0.05) is 0 Å². The van der Waals surface area contributed by atoms with Crippen molar-refractivity contribution < 1.29 is 10.5 Å². The fourth-order valence-electron chi connectivity index (χ4n) is 2.67. The zero-order valence-corrected chi connectivity index (χ0v) is 9.67. The minimum atomic E-state index is 1.34. The van der Waals surface area contributed by atoms with Gasteiger partial charge >= 0.3 is 0 Å². The van der Waals surface area contributed by atoms with Crippen LogP contribution in [-0.4, -0.2) is 10.5 Å². The van der Waals surface area contributed by atoms with Crippen LogP contribution < -0.4 is 0 Å². The zero-order chi connectivity index (χ0) is 12.5. The molecule has 0 saturated heterocycles. The summed E-state index contributed by atoms with van der Waals surface area (Å²) in [5.41, 5.74) is 0. The number of hydrogen-bond donors (Lipinski definition) is 2. The van der Waals surface area contributed by atoms with Crippen LogP contribution in [0, 0.1) is 0 Å². The van der Waals surface area contributed by atoms with E-state index in [-0.39, 0.29) is 0 Å². The summed E-state index contributed by atoms with van der Waals surface area (Å²) in [5.74, 6) is 0. The standard InChI is InChI=1S/C16H10.H2O2/c1-3-11-7-9-13-5-2-6-14-10-8-12(4-1)15(11)16(13)14;1-2/h1-10H;1-2H. The van der Waals surface area contributed by atoms with Crippen LogP contribution in [0.3, 0.4) is 0 Å². The molecule has 2 nitrogen and oxygen atoms in total. The molecule has 4 aromatic carbocycles. The molecule has 2 N–H and O–H groups in total. The Kier molecular flexibility index (Phi) is 2.59. The van der Waals surface area contributed by atoms with E-state index in [4.69, 9.17) is 10.5 Å². The molecule has 0 bridgehead atoms. The minimum absolute atomic E-state index is 1.34. The first-order valence-electron chi connectivity index (χ1n) is 5.76. The van der Waals surface area contributed by atoms with Gasteiger partial charge in [-0.25, -0.2) is 0 Å². The number of hydrogen-bond acceptors (Lipinski definition) is 2. The maximum atomic E-state index is 6.00. The Hall–Kier alpha value is -2.16. The van der Waals surface area contributed by atoms with E-state index < -0.39 is 0 Å². The normalized spacial score (nSPS) is 10.8. The fraction of sp³-hybridized carbons (Fsp3) is 0. The van der Waals surface area contributed by atoms with Crippen LogP contribution in [0.4, 0.5) is 0 Å². The van der Waals surface area contributed by atoms with Gasteiger partial charge in [0.15, 0.2) is 0 Å². The fourth-order valence-corrected chi connectivity index (χ4v) is 2.67. The molecule has 0 fully saturated rings. The summed E-state index contributed by atoms with van der Waals surface area (Å²) >= 11 is 0. The van der Waals surface area contributed by atoms with Gasteiger partial charge in [0.2, 0.25) is 0 Å². The first-order valence-corrected chi connectivity index (χ1v) is 5.76. The summed E-state index contributed by atoms with van der Waals surface area (Å²) in [5, 5.41) is 20.1. The Labute approximate surface area is 104 Å². The lowest BCUT2D eigenvalue weighted by molar-refractivity contribution is -0.176. The molecule has 0 aliphatic carbocycles. The molecule has 0 amide bonds. The van der Waals surface area contributed by atoms with Gasteiger partial charge in [0.1, 0.15) is 0 Å². The maximum absolute atomic E-state index is 6.00. The van der Waals surface area contributed by atoms with Gasteiger partial charge < -0.3 is 0 Å². The van der Waals surface area contributed by atoms with E-state index in [2.05, 4.69) is 60.7 Å². The van der Waals surface area contributed by atoms with Gasteiger partial charge in [-0.15, -0.1) is 0 Å². The average molecular weight is 236 g/mol. The third-order valence-corrected chi connectivity index (χ3v) is 3.39. The predicted molar refractivity (Wildman–Crippen MR) is 75.4 cm³/mol. The Morgan fingerprint density at radius 2 is 0.722 bits per heavy atom. The second-order valence-corrected chi connectivity index (χ2v) is 4.29. The van der Waals surface area contributed by atoms with E-state index >= 15 is 0 Å². The summed E-state index contributed by atoms with van der Waals surface area (Å²) < 4.78 is 0. The third kappa shape index (κ3) is 1.44. The minimum Gasteiger partial charge on any atom is -0.255 e. The quantitative estimate of drug-likeness (QED) is 0.266. The second-order valence-electron chi connectivity index (χ2n) is 4.29. The molecule has 4 aromatic rings. The highest BCUT2D eigenvalue weighted by Crippen LogP contribution is 2.33. The first-order chi connectivity index (χ1) is 8.93. The molecule has 0 spiro atoms. The van der Waals surface area contributed by atoms with Crippen molar-refractivity contribution in [3.05, 3.63) is 60.7 Å². The molecule has 88 valence electrons. The topological polar surface area (TPSA) is 40.5 Å². The first kappa shape index (κ1) is 11.0. The highest BCUT2D eigenvalue weighted by molar-refractivity contribution is 6.22. The Balaban J connectivity index is 0.000000478. The van der Waals surface area contributed by atoms with Crippen molar-refractivity contribution >= 4 is 32.3 Å². The van der Waals surface area contributed by atoms with Crippen LogP contribution in [0.15, 0.2) is 60.7 Å². The molecule has 0 unspecified atom stereocenters. The lowest BCUT2D eigenvalue weighted by atomic mass is 9.95. The predicted octanol–water partition coefficient (Wildman–Crippen LogP) is 4.60. The van der Waals surface area contributed by atoms with Crippen molar-refractivity contribution in [1.82, 2.24) is 0 Å². The zero-order valence-electron chi connectivity index (χ0n) is 9.67. The number of benzene rings is 4. The molecule has 4 rings (SSSR count). The molecular weight excluding hydrogens is 224 g/mol. The highest BCUT2D eigenvalue weighted by atomic mass is 17.0. The average Bonchev–Trinajstić information content (AvgIpc) is 2.47. The summed E-state index contributed by atoms with van der Waals surface area (Å²) in [6.45, 7) is 0. The molecule has 0 saturated carbocycles. The molecular formula is C16H12O2. The molecule has 0 atom stereocenters. The molecule has 0 heterocycles. The van der Waals surface area contributed by atoms with E-state index in [9.17, 15) is 0 Å². The van der Waals surface area contributed by atoms with E-state index in [0.717, 1.165) is 0 Å².